The quantitative estimate of drug-likeness (QED) is 0.148. The third-order valence-electron chi connectivity index (χ3n) is 13.2. The van der Waals surface area contributed by atoms with Gasteiger partial charge in [-0.05, 0) is 139 Å². The highest BCUT2D eigenvalue weighted by atomic mass is 15.0. The Morgan fingerprint density at radius 3 is 0.672 bits per heavy atom. The molecule has 2 heterocycles. The first-order valence-corrected chi connectivity index (χ1v) is 23.1. The molecule has 9 aromatic rings. The van der Waals surface area contributed by atoms with Crippen LogP contribution in [0.15, 0.2) is 146 Å². The standard InChI is InChI=1S/C62H64N2/c1-59(2,3)45-25-33-55-51(37-45)52-38-46(60(4,5)6)26-34-56(52)63(55)49-29-21-43(22-30-49)19-17-41-13-15-42(16-14-41)18-20-44-23-31-50(32-24-44)64-57-35-27-47(61(7,8)9)39-53(57)54-40-48(62(10,11)12)28-36-58(54)64/h13-40H,1-12H3/b19-17+,20-18+. The lowest BCUT2D eigenvalue weighted by atomic mass is 9.85. The van der Waals surface area contributed by atoms with Crippen LogP contribution in [0.1, 0.15) is 128 Å². The molecule has 0 aliphatic carbocycles. The zero-order valence-corrected chi connectivity index (χ0v) is 40.1. The summed E-state index contributed by atoms with van der Waals surface area (Å²) in [5, 5.41) is 5.25. The molecular formula is C62H64N2. The fourth-order valence-electron chi connectivity index (χ4n) is 9.04. The van der Waals surface area contributed by atoms with Gasteiger partial charge >= 0.3 is 0 Å². The molecule has 0 bridgehead atoms. The van der Waals surface area contributed by atoms with E-state index in [0.29, 0.717) is 0 Å². The van der Waals surface area contributed by atoms with Crippen LogP contribution in [0.25, 0.3) is 79.3 Å². The number of fused-ring (bicyclic) bond motifs is 6. The molecule has 0 spiro atoms. The fraction of sp³-hybridized carbons (Fsp3) is 0.258. The largest absolute Gasteiger partial charge is 0.309 e. The molecule has 0 saturated carbocycles. The Kier molecular flexibility index (Phi) is 10.5. The summed E-state index contributed by atoms with van der Waals surface area (Å²) in [6.45, 7) is 27.5. The van der Waals surface area contributed by atoms with E-state index in [1.165, 1.54) is 99.5 Å². The molecule has 0 aliphatic heterocycles. The van der Waals surface area contributed by atoms with Gasteiger partial charge in [0, 0.05) is 32.9 Å². The average molecular weight is 837 g/mol. The molecule has 0 N–H and O–H groups in total. The molecular weight excluding hydrogens is 773 g/mol. The monoisotopic (exact) mass is 837 g/mol. The maximum absolute atomic E-state index is 2.42. The number of benzene rings is 7. The molecule has 0 atom stereocenters. The van der Waals surface area contributed by atoms with Crippen molar-refractivity contribution in [3.8, 4) is 11.4 Å². The zero-order chi connectivity index (χ0) is 45.3. The van der Waals surface area contributed by atoms with Crippen molar-refractivity contribution >= 4 is 67.9 Å². The summed E-state index contributed by atoms with van der Waals surface area (Å²) in [5.41, 5.74) is 17.8. The highest BCUT2D eigenvalue weighted by molar-refractivity contribution is 6.11. The highest BCUT2D eigenvalue weighted by Crippen LogP contribution is 2.39. The first-order valence-electron chi connectivity index (χ1n) is 23.1. The van der Waals surface area contributed by atoms with E-state index in [0.717, 1.165) is 0 Å². The van der Waals surface area contributed by atoms with Crippen LogP contribution in [0.3, 0.4) is 0 Å². The summed E-state index contributed by atoms with van der Waals surface area (Å²) < 4.78 is 4.85. The van der Waals surface area contributed by atoms with Gasteiger partial charge in [0.25, 0.3) is 0 Å². The van der Waals surface area contributed by atoms with E-state index in [1.807, 2.05) is 0 Å². The van der Waals surface area contributed by atoms with Gasteiger partial charge in [-0.2, -0.15) is 0 Å². The number of rotatable bonds is 6. The van der Waals surface area contributed by atoms with Crippen molar-refractivity contribution in [2.45, 2.75) is 105 Å². The number of hydrogen-bond acceptors (Lipinski definition) is 0. The van der Waals surface area contributed by atoms with Crippen molar-refractivity contribution in [1.29, 1.82) is 0 Å². The third kappa shape index (κ3) is 8.27. The van der Waals surface area contributed by atoms with E-state index >= 15 is 0 Å². The molecule has 9 rings (SSSR count). The number of hydrogen-bond donors (Lipinski definition) is 0. The van der Waals surface area contributed by atoms with Crippen LogP contribution in [-0.4, -0.2) is 9.13 Å². The van der Waals surface area contributed by atoms with Gasteiger partial charge in [-0.15, -0.1) is 0 Å². The number of aromatic nitrogens is 2. The molecule has 2 nitrogen and oxygen atoms in total. The Morgan fingerprint density at radius 1 is 0.266 bits per heavy atom. The van der Waals surface area contributed by atoms with Crippen LogP contribution in [0.4, 0.5) is 0 Å². The van der Waals surface area contributed by atoms with E-state index in [4.69, 9.17) is 0 Å². The van der Waals surface area contributed by atoms with Crippen LogP contribution in [0.2, 0.25) is 0 Å². The van der Waals surface area contributed by atoms with E-state index in [1.54, 1.807) is 0 Å². The van der Waals surface area contributed by atoms with Gasteiger partial charge in [-0.1, -0.05) is 180 Å². The van der Waals surface area contributed by atoms with Gasteiger partial charge in [0.05, 0.1) is 22.1 Å². The summed E-state index contributed by atoms with van der Waals surface area (Å²) in [6, 6.07) is 54.8. The lowest BCUT2D eigenvalue weighted by molar-refractivity contribution is 0.590. The second-order valence-electron chi connectivity index (χ2n) is 22.1. The van der Waals surface area contributed by atoms with Gasteiger partial charge < -0.3 is 9.13 Å². The molecule has 0 radical (unpaired) electrons. The molecule has 0 amide bonds. The first kappa shape index (κ1) is 42.9. The second-order valence-corrected chi connectivity index (χ2v) is 22.1. The molecule has 7 aromatic carbocycles. The minimum atomic E-state index is 0.0778. The maximum atomic E-state index is 2.42. The van der Waals surface area contributed by atoms with E-state index < -0.39 is 0 Å². The normalized spacial score (nSPS) is 13.2. The SMILES string of the molecule is CC(C)(C)c1ccc2c(c1)c1cc(C(C)(C)C)ccc1n2-c1ccc(/C=C/c2ccc(/C=C/c3ccc(-n4c5ccc(C(C)(C)C)cc5c5cc(C(C)(C)C)ccc54)cc3)cc2)cc1. The van der Waals surface area contributed by atoms with Crippen molar-refractivity contribution in [3.05, 3.63) is 190 Å². The minimum absolute atomic E-state index is 0.0778. The Hall–Kier alpha value is -6.38. The van der Waals surface area contributed by atoms with Crippen LogP contribution < -0.4 is 0 Å². The van der Waals surface area contributed by atoms with E-state index in [-0.39, 0.29) is 21.7 Å². The predicted molar refractivity (Wildman–Crippen MR) is 281 cm³/mol. The van der Waals surface area contributed by atoms with Gasteiger partial charge in [0.15, 0.2) is 0 Å². The summed E-state index contributed by atoms with van der Waals surface area (Å²) in [7, 11) is 0. The van der Waals surface area contributed by atoms with E-state index in [9.17, 15) is 0 Å². The van der Waals surface area contributed by atoms with Crippen molar-refractivity contribution in [2.24, 2.45) is 0 Å². The van der Waals surface area contributed by atoms with Crippen LogP contribution in [0.5, 0.6) is 0 Å². The molecule has 322 valence electrons. The van der Waals surface area contributed by atoms with Crippen LogP contribution in [0, 0.1) is 0 Å². The molecule has 2 aromatic heterocycles. The second kappa shape index (κ2) is 15.7. The summed E-state index contributed by atoms with van der Waals surface area (Å²) in [5.74, 6) is 0. The molecule has 0 aliphatic rings. The van der Waals surface area contributed by atoms with Gasteiger partial charge in [0.1, 0.15) is 0 Å². The maximum Gasteiger partial charge on any atom is 0.0541 e. The smallest absolute Gasteiger partial charge is 0.0541 e. The van der Waals surface area contributed by atoms with Gasteiger partial charge in [0.2, 0.25) is 0 Å². The van der Waals surface area contributed by atoms with Gasteiger partial charge in [-0.3, -0.25) is 0 Å². The summed E-state index contributed by atoms with van der Waals surface area (Å²) in [4.78, 5) is 0. The van der Waals surface area contributed by atoms with Crippen LogP contribution in [-0.2, 0) is 21.7 Å². The van der Waals surface area contributed by atoms with Crippen molar-refractivity contribution in [3.63, 3.8) is 0 Å². The Bertz CT molecular complexity index is 2880. The third-order valence-corrected chi connectivity index (χ3v) is 13.2. The minimum Gasteiger partial charge on any atom is -0.309 e. The lowest BCUT2D eigenvalue weighted by Crippen LogP contribution is -2.10. The first-order chi connectivity index (χ1) is 30.2. The molecule has 2 heteroatoms. The summed E-state index contributed by atoms with van der Waals surface area (Å²) >= 11 is 0. The average Bonchev–Trinajstić information content (AvgIpc) is 3.76. The van der Waals surface area contributed by atoms with Crippen molar-refractivity contribution in [2.75, 3.05) is 0 Å². The zero-order valence-electron chi connectivity index (χ0n) is 40.1. The molecule has 64 heavy (non-hydrogen) atoms. The lowest BCUT2D eigenvalue weighted by Gasteiger charge is -2.19. The van der Waals surface area contributed by atoms with Crippen molar-refractivity contribution < 1.29 is 0 Å². The topological polar surface area (TPSA) is 9.86 Å². The van der Waals surface area contributed by atoms with E-state index in [2.05, 4.69) is 262 Å². The molecule has 0 fully saturated rings. The van der Waals surface area contributed by atoms with Crippen molar-refractivity contribution in [1.82, 2.24) is 9.13 Å². The van der Waals surface area contributed by atoms with Crippen LogP contribution >= 0.6 is 0 Å². The summed E-state index contributed by atoms with van der Waals surface area (Å²) in [6.07, 6.45) is 8.81. The molecule has 0 saturated heterocycles. The molecule has 0 unspecified atom stereocenters. The Balaban J connectivity index is 0.925. The fourth-order valence-corrected chi connectivity index (χ4v) is 9.04. The Labute approximate surface area is 381 Å². The van der Waals surface area contributed by atoms with Gasteiger partial charge in [-0.25, -0.2) is 0 Å². The highest BCUT2D eigenvalue weighted by Gasteiger charge is 2.23. The Morgan fingerprint density at radius 2 is 0.469 bits per heavy atom. The number of nitrogens with zero attached hydrogens (tertiary/aromatic N) is 2. The predicted octanol–water partition coefficient (Wildman–Crippen LogP) is 17.4.